The van der Waals surface area contributed by atoms with Gasteiger partial charge in [-0.25, -0.2) is 0 Å². The van der Waals surface area contributed by atoms with E-state index in [1.807, 2.05) is 37.9 Å². The molecular formula is C19H22N6O2. The summed E-state index contributed by atoms with van der Waals surface area (Å²) in [6, 6.07) is 1.85. The Morgan fingerprint density at radius 1 is 1.30 bits per heavy atom. The summed E-state index contributed by atoms with van der Waals surface area (Å²) in [6.07, 6.45) is 2.58. The Morgan fingerprint density at radius 3 is 2.81 bits per heavy atom. The maximum Gasteiger partial charge on any atom is 0.272 e. The molecule has 27 heavy (non-hydrogen) atoms. The largest absolute Gasteiger partial charge is 0.339 e. The third-order valence-corrected chi connectivity index (χ3v) is 4.92. The van der Waals surface area contributed by atoms with Crippen LogP contribution in [-0.4, -0.2) is 42.3 Å². The van der Waals surface area contributed by atoms with Crippen LogP contribution >= 0.6 is 0 Å². The lowest BCUT2D eigenvalue weighted by Crippen LogP contribution is -2.37. The summed E-state index contributed by atoms with van der Waals surface area (Å²) in [4.78, 5) is 23.8. The van der Waals surface area contributed by atoms with Crippen LogP contribution in [0.4, 0.5) is 0 Å². The van der Waals surface area contributed by atoms with Gasteiger partial charge >= 0.3 is 0 Å². The summed E-state index contributed by atoms with van der Waals surface area (Å²) in [5, 5.41) is 8.45. The van der Waals surface area contributed by atoms with Gasteiger partial charge in [-0.15, -0.1) is 0 Å². The zero-order valence-electron chi connectivity index (χ0n) is 16.0. The van der Waals surface area contributed by atoms with E-state index in [9.17, 15) is 4.79 Å². The van der Waals surface area contributed by atoms with Crippen LogP contribution in [0.5, 0.6) is 0 Å². The van der Waals surface area contributed by atoms with Crippen molar-refractivity contribution >= 4 is 5.91 Å². The molecule has 0 aromatic carbocycles. The van der Waals surface area contributed by atoms with Crippen LogP contribution in [0, 0.1) is 20.8 Å². The van der Waals surface area contributed by atoms with Crippen LogP contribution < -0.4 is 0 Å². The van der Waals surface area contributed by atoms with Crippen LogP contribution in [0.15, 0.2) is 16.8 Å². The van der Waals surface area contributed by atoms with E-state index in [1.54, 1.807) is 11.6 Å². The Balaban J connectivity index is 1.67. The second kappa shape index (κ2) is 6.61. The number of aryl methyl sites for hydroxylation is 4. The minimum Gasteiger partial charge on any atom is -0.339 e. The van der Waals surface area contributed by atoms with Crippen molar-refractivity contribution in [2.75, 3.05) is 6.54 Å². The van der Waals surface area contributed by atoms with Gasteiger partial charge in [0.05, 0.1) is 5.69 Å². The Morgan fingerprint density at radius 2 is 2.11 bits per heavy atom. The molecule has 3 aromatic rings. The quantitative estimate of drug-likeness (QED) is 0.707. The highest BCUT2D eigenvalue weighted by Crippen LogP contribution is 2.31. The van der Waals surface area contributed by atoms with E-state index in [0.29, 0.717) is 37.0 Å². The van der Waals surface area contributed by atoms with Gasteiger partial charge < -0.3 is 9.42 Å². The molecule has 3 aromatic heterocycles. The average Bonchev–Trinajstić information content (AvgIpc) is 3.25. The fourth-order valence-electron chi connectivity index (χ4n) is 3.64. The molecule has 0 spiro atoms. The van der Waals surface area contributed by atoms with E-state index < -0.39 is 0 Å². The highest BCUT2D eigenvalue weighted by molar-refractivity contribution is 5.93. The fraction of sp³-hybridized carbons (Fsp3) is 0.421. The first-order valence-electron chi connectivity index (χ1n) is 9.09. The SMILES string of the molecule is CCn1nc(C)cc1C(=O)N1CCc2c(cnc(C)c2-c2noc(C)n2)C1. The molecule has 0 unspecified atom stereocenters. The highest BCUT2D eigenvalue weighted by atomic mass is 16.5. The van der Waals surface area contributed by atoms with Crippen molar-refractivity contribution in [2.24, 2.45) is 0 Å². The molecule has 1 amide bonds. The standard InChI is InChI=1S/C19H22N6O2/c1-5-25-16(8-11(2)22-25)19(26)24-7-6-15-14(10-24)9-20-12(3)17(15)18-21-13(4)27-23-18/h8-9H,5-7,10H2,1-4H3. The van der Waals surface area contributed by atoms with Gasteiger partial charge in [-0.3, -0.25) is 14.5 Å². The summed E-state index contributed by atoms with van der Waals surface area (Å²) < 4.78 is 6.90. The van der Waals surface area contributed by atoms with Crippen molar-refractivity contribution < 1.29 is 9.32 Å². The second-order valence-corrected chi connectivity index (χ2v) is 6.82. The summed E-state index contributed by atoms with van der Waals surface area (Å²) in [6.45, 7) is 9.42. The predicted molar refractivity (Wildman–Crippen MR) is 98.1 cm³/mol. The molecule has 0 N–H and O–H groups in total. The van der Waals surface area contributed by atoms with Crippen molar-refractivity contribution in [3.8, 4) is 11.4 Å². The zero-order chi connectivity index (χ0) is 19.1. The Labute approximate surface area is 157 Å². The number of hydrogen-bond donors (Lipinski definition) is 0. The number of fused-ring (bicyclic) bond motifs is 1. The zero-order valence-corrected chi connectivity index (χ0v) is 16.0. The van der Waals surface area contributed by atoms with Gasteiger partial charge in [-0.2, -0.15) is 10.1 Å². The lowest BCUT2D eigenvalue weighted by Gasteiger charge is -2.30. The van der Waals surface area contributed by atoms with Crippen molar-refractivity contribution in [3.05, 3.63) is 46.4 Å². The third-order valence-electron chi connectivity index (χ3n) is 4.92. The van der Waals surface area contributed by atoms with E-state index >= 15 is 0 Å². The van der Waals surface area contributed by atoms with Crippen LogP contribution in [0.3, 0.4) is 0 Å². The van der Waals surface area contributed by atoms with Gasteiger partial charge in [-0.05, 0) is 44.4 Å². The van der Waals surface area contributed by atoms with Gasteiger partial charge in [-0.1, -0.05) is 5.16 Å². The molecule has 0 fully saturated rings. The number of carbonyl (C=O) groups excluding carboxylic acids is 1. The third kappa shape index (κ3) is 3.01. The van der Waals surface area contributed by atoms with Crippen LogP contribution in [0.25, 0.3) is 11.4 Å². The first kappa shape index (κ1) is 17.4. The first-order chi connectivity index (χ1) is 13.0. The van der Waals surface area contributed by atoms with E-state index in [4.69, 9.17) is 4.52 Å². The van der Waals surface area contributed by atoms with Crippen LogP contribution in [0.2, 0.25) is 0 Å². The van der Waals surface area contributed by atoms with Gasteiger partial charge in [0, 0.05) is 44.0 Å². The lowest BCUT2D eigenvalue weighted by molar-refractivity contribution is 0.0722. The summed E-state index contributed by atoms with van der Waals surface area (Å²) in [5.41, 5.74) is 5.45. The van der Waals surface area contributed by atoms with Gasteiger partial charge in [0.25, 0.3) is 5.91 Å². The van der Waals surface area contributed by atoms with Crippen molar-refractivity contribution in [2.45, 2.75) is 47.2 Å². The van der Waals surface area contributed by atoms with Crippen LogP contribution in [0.1, 0.15) is 45.8 Å². The molecule has 0 saturated heterocycles. The fourth-order valence-corrected chi connectivity index (χ4v) is 3.64. The van der Waals surface area contributed by atoms with E-state index in [0.717, 1.165) is 34.5 Å². The average molecular weight is 366 g/mol. The molecule has 4 rings (SSSR count). The number of carbonyl (C=O) groups is 1. The first-order valence-corrected chi connectivity index (χ1v) is 9.09. The molecule has 8 nitrogen and oxygen atoms in total. The molecule has 0 aliphatic carbocycles. The molecule has 0 saturated carbocycles. The molecule has 4 heterocycles. The molecule has 0 radical (unpaired) electrons. The molecular weight excluding hydrogens is 344 g/mol. The van der Waals surface area contributed by atoms with E-state index in [-0.39, 0.29) is 5.91 Å². The Bertz CT molecular complexity index is 1020. The van der Waals surface area contributed by atoms with Gasteiger partial charge in [0.1, 0.15) is 5.69 Å². The second-order valence-electron chi connectivity index (χ2n) is 6.82. The van der Waals surface area contributed by atoms with E-state index in [2.05, 4.69) is 20.2 Å². The summed E-state index contributed by atoms with van der Waals surface area (Å²) >= 11 is 0. The number of amides is 1. The summed E-state index contributed by atoms with van der Waals surface area (Å²) in [7, 11) is 0. The smallest absolute Gasteiger partial charge is 0.272 e. The number of rotatable bonds is 3. The van der Waals surface area contributed by atoms with Gasteiger partial charge in [0.15, 0.2) is 0 Å². The monoisotopic (exact) mass is 366 g/mol. The maximum atomic E-state index is 13.0. The molecule has 1 aliphatic heterocycles. The number of nitrogens with zero attached hydrogens (tertiary/aromatic N) is 6. The molecule has 8 heteroatoms. The molecule has 1 aliphatic rings. The van der Waals surface area contributed by atoms with Crippen molar-refractivity contribution in [1.29, 1.82) is 0 Å². The van der Waals surface area contributed by atoms with Crippen molar-refractivity contribution in [3.63, 3.8) is 0 Å². The summed E-state index contributed by atoms with van der Waals surface area (Å²) in [5.74, 6) is 1.09. The topological polar surface area (TPSA) is 89.9 Å². The molecule has 0 bridgehead atoms. The lowest BCUT2D eigenvalue weighted by atomic mass is 9.94. The maximum absolute atomic E-state index is 13.0. The Hall–Kier alpha value is -3.03. The minimum absolute atomic E-state index is 0.000584. The number of pyridine rings is 1. The number of hydrogen-bond acceptors (Lipinski definition) is 6. The van der Waals surface area contributed by atoms with Gasteiger partial charge in [0.2, 0.25) is 11.7 Å². The molecule has 0 atom stereocenters. The normalized spacial score (nSPS) is 13.7. The van der Waals surface area contributed by atoms with Crippen LogP contribution in [-0.2, 0) is 19.5 Å². The number of aromatic nitrogens is 5. The Kier molecular flexibility index (Phi) is 4.25. The minimum atomic E-state index is 0.000584. The highest BCUT2D eigenvalue weighted by Gasteiger charge is 2.28. The van der Waals surface area contributed by atoms with Crippen molar-refractivity contribution in [1.82, 2.24) is 29.8 Å². The predicted octanol–water partition coefficient (Wildman–Crippen LogP) is 2.47. The van der Waals surface area contributed by atoms with E-state index in [1.165, 1.54) is 0 Å². The molecule has 140 valence electrons.